The van der Waals surface area contributed by atoms with E-state index in [0.29, 0.717) is 22.7 Å². The lowest BCUT2D eigenvalue weighted by Crippen LogP contribution is -2.32. The fourth-order valence-corrected chi connectivity index (χ4v) is 4.42. The van der Waals surface area contributed by atoms with Crippen LogP contribution in [0.2, 0.25) is 0 Å². The number of esters is 1. The first-order valence-corrected chi connectivity index (χ1v) is 13.1. The Labute approximate surface area is 234 Å². The van der Waals surface area contributed by atoms with Gasteiger partial charge in [0.05, 0.1) is 11.3 Å². The number of hydrogen-bond acceptors (Lipinski definition) is 5. The summed E-state index contributed by atoms with van der Waals surface area (Å²) in [5.41, 5.74) is 4.11. The highest BCUT2D eigenvalue weighted by Gasteiger charge is 2.39. The zero-order valence-electron chi connectivity index (χ0n) is 23.3. The van der Waals surface area contributed by atoms with Gasteiger partial charge in [-0.15, -0.1) is 0 Å². The van der Waals surface area contributed by atoms with Gasteiger partial charge in [0.25, 0.3) is 11.8 Å². The number of anilines is 2. The van der Waals surface area contributed by atoms with E-state index in [4.69, 9.17) is 16.3 Å². The highest BCUT2D eigenvalue weighted by atomic mass is 35.5. The molecular formula is C32H33ClN2O4. The monoisotopic (exact) mass is 544 g/mol. The van der Waals surface area contributed by atoms with Crippen LogP contribution in [0.1, 0.15) is 68.6 Å². The number of benzene rings is 3. The quantitative estimate of drug-likeness (QED) is 0.208. The Bertz CT molecular complexity index is 1470. The summed E-state index contributed by atoms with van der Waals surface area (Å²) in [6.45, 7) is 14.6. The number of carbonyl (C=O) groups excluding carboxylic acids is 3. The molecule has 1 aliphatic heterocycles. The standard InChI is InChI=1S/C32H33ClN2O4/c1-19-8-15-23(16-9-19)35-28(36)26(33)27(29(35)37)34-22-13-10-20(11-14-22)30(38)39-25-17-12-21(31(2,3)4)18-24(25)32(5,6)7/h8-18,34H,1-7H3. The topological polar surface area (TPSA) is 75.7 Å². The molecular weight excluding hydrogens is 512 g/mol. The van der Waals surface area contributed by atoms with E-state index < -0.39 is 17.8 Å². The van der Waals surface area contributed by atoms with Gasteiger partial charge >= 0.3 is 5.97 Å². The lowest BCUT2D eigenvalue weighted by molar-refractivity contribution is -0.120. The number of ether oxygens (including phenoxy) is 1. The second kappa shape index (κ2) is 10.3. The van der Waals surface area contributed by atoms with Crippen molar-refractivity contribution in [2.45, 2.75) is 59.3 Å². The molecule has 39 heavy (non-hydrogen) atoms. The van der Waals surface area contributed by atoms with Crippen LogP contribution in [0, 0.1) is 6.92 Å². The van der Waals surface area contributed by atoms with Crippen LogP contribution in [0.4, 0.5) is 11.4 Å². The van der Waals surface area contributed by atoms with Crippen molar-refractivity contribution >= 4 is 40.8 Å². The van der Waals surface area contributed by atoms with E-state index >= 15 is 0 Å². The molecule has 3 aromatic rings. The van der Waals surface area contributed by atoms with Crippen LogP contribution in [0.25, 0.3) is 0 Å². The molecule has 1 N–H and O–H groups in total. The predicted molar refractivity (Wildman–Crippen MR) is 155 cm³/mol. The molecule has 202 valence electrons. The molecule has 0 radical (unpaired) electrons. The lowest BCUT2D eigenvalue weighted by atomic mass is 9.80. The van der Waals surface area contributed by atoms with Crippen molar-refractivity contribution in [1.82, 2.24) is 0 Å². The average Bonchev–Trinajstić information content (AvgIpc) is 3.07. The Kier molecular flexibility index (Phi) is 7.46. The smallest absolute Gasteiger partial charge is 0.343 e. The number of halogens is 1. The number of nitrogens with zero attached hydrogens (tertiary/aromatic N) is 1. The van der Waals surface area contributed by atoms with Gasteiger partial charge in [-0.1, -0.05) is 83.0 Å². The first-order chi connectivity index (χ1) is 18.2. The Morgan fingerprint density at radius 3 is 2.00 bits per heavy atom. The van der Waals surface area contributed by atoms with Gasteiger partial charge < -0.3 is 10.1 Å². The van der Waals surface area contributed by atoms with Gasteiger partial charge in [0.1, 0.15) is 16.5 Å². The normalized spacial score (nSPS) is 14.2. The van der Waals surface area contributed by atoms with Gasteiger partial charge in [-0.05, 0) is 65.8 Å². The maximum atomic E-state index is 13.0. The molecule has 4 rings (SSSR count). The average molecular weight is 545 g/mol. The Hall–Kier alpha value is -3.90. The zero-order valence-corrected chi connectivity index (χ0v) is 24.1. The molecule has 0 bridgehead atoms. The minimum absolute atomic E-state index is 0.0219. The molecule has 2 amide bonds. The molecule has 7 heteroatoms. The van der Waals surface area contributed by atoms with Crippen molar-refractivity contribution in [3.8, 4) is 5.75 Å². The highest BCUT2D eigenvalue weighted by molar-refractivity contribution is 6.53. The van der Waals surface area contributed by atoms with E-state index in [1.54, 1.807) is 36.4 Å². The lowest BCUT2D eigenvalue weighted by Gasteiger charge is -2.26. The van der Waals surface area contributed by atoms with E-state index in [1.165, 1.54) is 0 Å². The third kappa shape index (κ3) is 5.91. The van der Waals surface area contributed by atoms with Gasteiger partial charge in [0.15, 0.2) is 0 Å². The van der Waals surface area contributed by atoms with E-state index in [1.807, 2.05) is 31.2 Å². The Morgan fingerprint density at radius 1 is 0.821 bits per heavy atom. The summed E-state index contributed by atoms with van der Waals surface area (Å²) in [6, 6.07) is 19.4. The van der Waals surface area contributed by atoms with Crippen molar-refractivity contribution in [2.24, 2.45) is 0 Å². The van der Waals surface area contributed by atoms with Crippen LogP contribution in [0.15, 0.2) is 77.5 Å². The Balaban J connectivity index is 1.51. The molecule has 0 fully saturated rings. The number of hydrogen-bond donors (Lipinski definition) is 1. The third-order valence-corrected chi connectivity index (χ3v) is 6.92. The summed E-state index contributed by atoms with van der Waals surface area (Å²) < 4.78 is 5.82. The van der Waals surface area contributed by atoms with Gasteiger partial charge in [-0.2, -0.15) is 0 Å². The summed E-state index contributed by atoms with van der Waals surface area (Å²) in [4.78, 5) is 39.8. The van der Waals surface area contributed by atoms with Gasteiger partial charge in [0, 0.05) is 11.3 Å². The van der Waals surface area contributed by atoms with E-state index in [2.05, 4.69) is 52.9 Å². The molecule has 0 unspecified atom stereocenters. The van der Waals surface area contributed by atoms with Crippen molar-refractivity contribution < 1.29 is 19.1 Å². The second-order valence-electron chi connectivity index (χ2n) is 11.8. The zero-order chi connectivity index (χ0) is 28.7. The van der Waals surface area contributed by atoms with Crippen LogP contribution in [-0.4, -0.2) is 17.8 Å². The van der Waals surface area contributed by atoms with Gasteiger partial charge in [0.2, 0.25) is 0 Å². The number of rotatable bonds is 5. The number of amides is 2. The molecule has 0 saturated heterocycles. The highest BCUT2D eigenvalue weighted by Crippen LogP contribution is 2.36. The second-order valence-corrected chi connectivity index (χ2v) is 12.2. The van der Waals surface area contributed by atoms with Crippen LogP contribution < -0.4 is 15.0 Å². The van der Waals surface area contributed by atoms with Gasteiger partial charge in [-0.3, -0.25) is 9.59 Å². The molecule has 1 heterocycles. The molecule has 6 nitrogen and oxygen atoms in total. The van der Waals surface area contributed by atoms with Crippen LogP contribution >= 0.6 is 11.6 Å². The molecule has 3 aromatic carbocycles. The summed E-state index contributed by atoms with van der Waals surface area (Å²) in [5.74, 6) is -1.12. The van der Waals surface area contributed by atoms with E-state index in [9.17, 15) is 14.4 Å². The maximum absolute atomic E-state index is 13.0. The fraction of sp³-hybridized carbons (Fsp3) is 0.281. The molecule has 0 aromatic heterocycles. The van der Waals surface area contributed by atoms with Crippen LogP contribution in [0.3, 0.4) is 0 Å². The van der Waals surface area contributed by atoms with Gasteiger partial charge in [-0.25, -0.2) is 9.69 Å². The maximum Gasteiger partial charge on any atom is 0.343 e. The number of nitrogens with one attached hydrogen (secondary N) is 1. The van der Waals surface area contributed by atoms with Crippen molar-refractivity contribution in [2.75, 3.05) is 10.2 Å². The summed E-state index contributed by atoms with van der Waals surface area (Å²) >= 11 is 6.24. The van der Waals surface area contributed by atoms with Crippen LogP contribution in [0.5, 0.6) is 5.75 Å². The van der Waals surface area contributed by atoms with Crippen molar-refractivity contribution in [3.05, 3.63) is 99.7 Å². The van der Waals surface area contributed by atoms with Crippen molar-refractivity contribution in [1.29, 1.82) is 0 Å². The minimum Gasteiger partial charge on any atom is -0.423 e. The largest absolute Gasteiger partial charge is 0.423 e. The SMILES string of the molecule is Cc1ccc(N2C(=O)C(Cl)=C(Nc3ccc(C(=O)Oc4ccc(C(C)(C)C)cc4C(C)(C)C)cc3)C2=O)cc1. The predicted octanol–water partition coefficient (Wildman–Crippen LogP) is 7.24. The number of aryl methyl sites for hydroxylation is 1. The van der Waals surface area contributed by atoms with Crippen molar-refractivity contribution in [3.63, 3.8) is 0 Å². The number of imide groups is 1. The first kappa shape index (κ1) is 28.1. The minimum atomic E-state index is -0.597. The summed E-state index contributed by atoms with van der Waals surface area (Å²) in [7, 11) is 0. The Morgan fingerprint density at radius 2 is 1.44 bits per heavy atom. The molecule has 0 atom stereocenters. The van der Waals surface area contributed by atoms with E-state index in [-0.39, 0.29) is 21.6 Å². The van der Waals surface area contributed by atoms with E-state index in [0.717, 1.165) is 21.6 Å². The summed E-state index contributed by atoms with van der Waals surface area (Å²) in [6.07, 6.45) is 0. The molecule has 1 aliphatic rings. The first-order valence-electron chi connectivity index (χ1n) is 12.8. The molecule has 0 aliphatic carbocycles. The summed E-state index contributed by atoms with van der Waals surface area (Å²) in [5, 5.41) is 2.73. The van der Waals surface area contributed by atoms with Crippen LogP contribution in [-0.2, 0) is 20.4 Å². The molecule has 0 saturated carbocycles. The fourth-order valence-electron chi connectivity index (χ4n) is 4.20. The third-order valence-electron chi connectivity index (χ3n) is 6.57. The number of carbonyl (C=O) groups is 3. The molecule has 0 spiro atoms.